The summed E-state index contributed by atoms with van der Waals surface area (Å²) in [7, 11) is -3.89. The highest BCUT2D eigenvalue weighted by atomic mass is 32.2. The predicted molar refractivity (Wildman–Crippen MR) is 146 cm³/mol. The first-order valence-electron chi connectivity index (χ1n) is 13.1. The van der Waals surface area contributed by atoms with Crippen molar-refractivity contribution >= 4 is 43.9 Å². The van der Waals surface area contributed by atoms with E-state index in [2.05, 4.69) is 19.8 Å². The molecule has 1 aliphatic carbocycles. The number of rotatable bonds is 8. The highest BCUT2D eigenvalue weighted by Crippen LogP contribution is 2.41. The lowest BCUT2D eigenvalue weighted by Crippen LogP contribution is -2.50. The number of carbonyl (C=O) groups excluding carboxylic acids is 1. The minimum atomic E-state index is -3.89. The van der Waals surface area contributed by atoms with Crippen LogP contribution in [0.5, 0.6) is 0 Å². The lowest BCUT2D eigenvalue weighted by Gasteiger charge is -2.37. The molecule has 5 rings (SSSR count). The van der Waals surface area contributed by atoms with Crippen molar-refractivity contribution in [2.45, 2.75) is 70.4 Å². The molecule has 1 aliphatic heterocycles. The van der Waals surface area contributed by atoms with Gasteiger partial charge in [0.2, 0.25) is 15.9 Å². The minimum absolute atomic E-state index is 0.0713. The van der Waals surface area contributed by atoms with E-state index in [-0.39, 0.29) is 27.8 Å². The zero-order valence-electron chi connectivity index (χ0n) is 22.6. The van der Waals surface area contributed by atoms with Gasteiger partial charge in [-0.05, 0) is 45.7 Å². The van der Waals surface area contributed by atoms with Crippen LogP contribution in [0, 0.1) is 5.92 Å². The Hall–Kier alpha value is -2.71. The van der Waals surface area contributed by atoms with Gasteiger partial charge in [-0.3, -0.25) is 9.48 Å². The molecule has 2 aromatic heterocycles. The molecule has 3 aromatic rings. The Kier molecular flexibility index (Phi) is 7.17. The van der Waals surface area contributed by atoms with E-state index in [4.69, 9.17) is 5.10 Å². The van der Waals surface area contributed by atoms with Crippen LogP contribution in [0.15, 0.2) is 17.0 Å². The summed E-state index contributed by atoms with van der Waals surface area (Å²) in [4.78, 5) is 16.5. The number of aromatic nitrogens is 4. The van der Waals surface area contributed by atoms with Crippen molar-refractivity contribution in [3.63, 3.8) is 0 Å². The first-order valence-corrected chi connectivity index (χ1v) is 15.4. The van der Waals surface area contributed by atoms with E-state index in [0.29, 0.717) is 48.5 Å². The van der Waals surface area contributed by atoms with Gasteiger partial charge in [-0.2, -0.15) is 5.10 Å². The fourth-order valence-corrected chi connectivity index (χ4v) is 6.99. The molecular weight excluding hydrogens is 548 g/mol. The number of sulfonamides is 1. The second-order valence-electron chi connectivity index (χ2n) is 11.1. The maximum Gasteiger partial charge on any atom is 0.291 e. The lowest BCUT2D eigenvalue weighted by molar-refractivity contribution is -0.134. The molecule has 0 atom stereocenters. The Morgan fingerprint density at radius 3 is 2.28 bits per heavy atom. The largest absolute Gasteiger partial charge is 0.366 e. The van der Waals surface area contributed by atoms with Crippen LogP contribution in [-0.4, -0.2) is 70.9 Å². The summed E-state index contributed by atoms with van der Waals surface area (Å²) in [5.74, 6) is -0.0276. The van der Waals surface area contributed by atoms with Crippen molar-refractivity contribution in [1.29, 1.82) is 0 Å². The molecule has 2 fully saturated rings. The summed E-state index contributed by atoms with van der Waals surface area (Å²) in [6.45, 7) is 11.5. The Bertz CT molecular complexity index is 1510. The quantitative estimate of drug-likeness (QED) is 0.424. The van der Waals surface area contributed by atoms with E-state index in [1.165, 1.54) is 0 Å². The standard InChI is InChI=1S/C25H33F2N7O3S2/c1-14(2)24(35)33-10-8-32(9-11-33)18-13-16(39(36,37)31-25(5)6-7-25)12-17-19(30-34(15(3)4)20(17)18)22-28-29-23(38-22)21(26)27/h12-15,21,31H,6-11H2,1-5H3. The van der Waals surface area contributed by atoms with Gasteiger partial charge in [-0.25, -0.2) is 21.9 Å². The lowest BCUT2D eigenvalue weighted by atomic mass is 10.1. The van der Waals surface area contributed by atoms with E-state index in [1.54, 1.807) is 16.8 Å². The summed E-state index contributed by atoms with van der Waals surface area (Å²) in [5, 5.41) is 12.6. The topological polar surface area (TPSA) is 113 Å². The summed E-state index contributed by atoms with van der Waals surface area (Å²) in [6.07, 6.45) is -1.26. The molecular formula is C25H33F2N7O3S2. The fraction of sp³-hybridized carbons (Fsp3) is 0.600. The first-order chi connectivity index (χ1) is 18.3. The molecule has 0 radical (unpaired) electrons. The third kappa shape index (κ3) is 5.38. The van der Waals surface area contributed by atoms with Crippen LogP contribution in [0.2, 0.25) is 0 Å². The number of benzene rings is 1. The van der Waals surface area contributed by atoms with Crippen LogP contribution < -0.4 is 9.62 Å². The molecule has 0 bridgehead atoms. The average Bonchev–Trinajstić information content (AvgIpc) is 3.26. The van der Waals surface area contributed by atoms with E-state index < -0.39 is 27.0 Å². The number of hydrogen-bond acceptors (Lipinski definition) is 8. The minimum Gasteiger partial charge on any atom is -0.366 e. The maximum absolute atomic E-state index is 13.5. The molecule has 212 valence electrons. The van der Waals surface area contributed by atoms with Crippen LogP contribution >= 0.6 is 11.3 Å². The van der Waals surface area contributed by atoms with Gasteiger partial charge >= 0.3 is 0 Å². The number of alkyl halides is 2. The number of hydrogen-bond donors (Lipinski definition) is 1. The van der Waals surface area contributed by atoms with Crippen LogP contribution in [0.1, 0.15) is 64.9 Å². The fourth-order valence-electron chi connectivity index (χ4n) is 4.78. The molecule has 39 heavy (non-hydrogen) atoms. The van der Waals surface area contributed by atoms with Gasteiger partial charge in [0, 0.05) is 49.1 Å². The Morgan fingerprint density at radius 1 is 1.08 bits per heavy atom. The summed E-state index contributed by atoms with van der Waals surface area (Å²) in [6, 6.07) is 3.10. The molecule has 0 spiro atoms. The molecule has 1 saturated carbocycles. The Labute approximate surface area is 230 Å². The molecule has 2 aliphatic rings. The Balaban J connectivity index is 1.67. The van der Waals surface area contributed by atoms with Gasteiger partial charge in [0.05, 0.1) is 16.1 Å². The number of nitrogens with one attached hydrogen (secondary N) is 1. The molecule has 1 amide bonds. The average molecular weight is 582 g/mol. The monoisotopic (exact) mass is 581 g/mol. The number of amides is 1. The second-order valence-corrected chi connectivity index (χ2v) is 13.8. The number of fused-ring (bicyclic) bond motifs is 1. The smallest absolute Gasteiger partial charge is 0.291 e. The molecule has 1 aromatic carbocycles. The first kappa shape index (κ1) is 27.8. The summed E-state index contributed by atoms with van der Waals surface area (Å²) >= 11 is 0.744. The Morgan fingerprint density at radius 2 is 1.74 bits per heavy atom. The summed E-state index contributed by atoms with van der Waals surface area (Å²) < 4.78 is 58.3. The SMILES string of the molecule is CC(C)C(=O)N1CCN(c2cc(S(=O)(=O)NC3(C)CC3)cc3c(-c4nnc(C(F)F)s4)nn(C(C)C)c23)CC1. The van der Waals surface area contributed by atoms with Crippen molar-refractivity contribution in [1.82, 2.24) is 29.6 Å². The third-order valence-electron chi connectivity index (χ3n) is 7.19. The van der Waals surface area contributed by atoms with Gasteiger partial charge < -0.3 is 9.80 Å². The third-order valence-corrected chi connectivity index (χ3v) is 9.75. The number of anilines is 1. The predicted octanol–water partition coefficient (Wildman–Crippen LogP) is 4.21. The van der Waals surface area contributed by atoms with Gasteiger partial charge in [-0.15, -0.1) is 10.2 Å². The van der Waals surface area contributed by atoms with E-state index >= 15 is 0 Å². The zero-order valence-corrected chi connectivity index (χ0v) is 24.2. The van der Waals surface area contributed by atoms with Crippen LogP contribution in [-0.2, 0) is 14.8 Å². The van der Waals surface area contributed by atoms with Crippen LogP contribution in [0.4, 0.5) is 14.5 Å². The van der Waals surface area contributed by atoms with Crippen LogP contribution in [0.25, 0.3) is 21.6 Å². The highest BCUT2D eigenvalue weighted by Gasteiger charge is 2.42. The van der Waals surface area contributed by atoms with Crippen molar-refractivity contribution < 1.29 is 22.0 Å². The van der Waals surface area contributed by atoms with E-state index in [0.717, 1.165) is 24.2 Å². The molecule has 14 heteroatoms. The molecule has 1 saturated heterocycles. The summed E-state index contributed by atoms with van der Waals surface area (Å²) in [5.41, 5.74) is 1.19. The number of halogens is 2. The number of nitrogens with zero attached hydrogens (tertiary/aromatic N) is 6. The van der Waals surface area contributed by atoms with Gasteiger partial charge in [0.15, 0.2) is 10.0 Å². The van der Waals surface area contributed by atoms with Crippen molar-refractivity contribution in [2.24, 2.45) is 5.92 Å². The van der Waals surface area contributed by atoms with Crippen LogP contribution in [0.3, 0.4) is 0 Å². The van der Waals surface area contributed by atoms with Crippen molar-refractivity contribution in [3.8, 4) is 10.7 Å². The zero-order chi connectivity index (χ0) is 28.3. The maximum atomic E-state index is 13.5. The van der Waals surface area contributed by atoms with Gasteiger partial charge in [-0.1, -0.05) is 25.2 Å². The molecule has 3 heterocycles. The van der Waals surface area contributed by atoms with Gasteiger partial charge in [0.1, 0.15) is 5.69 Å². The van der Waals surface area contributed by atoms with Crippen molar-refractivity contribution in [3.05, 3.63) is 17.1 Å². The number of piperazine rings is 1. The molecule has 0 unspecified atom stereocenters. The van der Waals surface area contributed by atoms with Gasteiger partial charge in [0.25, 0.3) is 6.43 Å². The second kappa shape index (κ2) is 10.0. The molecule has 1 N–H and O–H groups in total. The van der Waals surface area contributed by atoms with E-state index in [1.807, 2.05) is 39.5 Å². The highest BCUT2D eigenvalue weighted by molar-refractivity contribution is 7.89. The van der Waals surface area contributed by atoms with Crippen molar-refractivity contribution in [2.75, 3.05) is 31.1 Å². The number of carbonyl (C=O) groups is 1. The molecule has 10 nitrogen and oxygen atoms in total. The van der Waals surface area contributed by atoms with E-state index in [9.17, 15) is 22.0 Å². The normalized spacial score (nSPS) is 17.7.